The molecule has 2 aromatic carbocycles. The van der Waals surface area contributed by atoms with Gasteiger partial charge in [0.05, 0.1) is 17.4 Å². The summed E-state index contributed by atoms with van der Waals surface area (Å²) in [4.78, 5) is 50.0. The van der Waals surface area contributed by atoms with Crippen LogP contribution in [0.15, 0.2) is 71.3 Å². The molecule has 3 aromatic rings. The first-order chi connectivity index (χ1) is 15.0. The first kappa shape index (κ1) is 20.1. The Kier molecular flexibility index (Phi) is 5.61. The second-order valence-electron chi connectivity index (χ2n) is 6.97. The van der Waals surface area contributed by atoms with E-state index in [9.17, 15) is 19.2 Å². The molecule has 0 unspecified atom stereocenters. The zero-order valence-corrected chi connectivity index (χ0v) is 16.5. The van der Waals surface area contributed by atoms with Gasteiger partial charge in [-0.25, -0.2) is 0 Å². The van der Waals surface area contributed by atoms with Crippen LogP contribution in [0.1, 0.15) is 44.1 Å². The summed E-state index contributed by atoms with van der Waals surface area (Å²) < 4.78 is 5.04. The zero-order valence-electron chi connectivity index (χ0n) is 16.5. The Morgan fingerprint density at radius 1 is 0.806 bits per heavy atom. The Morgan fingerprint density at radius 3 is 2.00 bits per heavy atom. The Labute approximate surface area is 177 Å². The molecule has 4 rings (SSSR count). The highest BCUT2D eigenvalue weighted by Gasteiger charge is 2.34. The van der Waals surface area contributed by atoms with Crippen molar-refractivity contribution in [3.8, 4) is 0 Å². The number of furan rings is 1. The second kappa shape index (κ2) is 8.66. The van der Waals surface area contributed by atoms with E-state index in [-0.39, 0.29) is 42.4 Å². The number of carbonyl (C=O) groups is 4. The van der Waals surface area contributed by atoms with E-state index >= 15 is 0 Å². The molecule has 2 heterocycles. The van der Waals surface area contributed by atoms with Gasteiger partial charge in [-0.15, -0.1) is 0 Å². The summed E-state index contributed by atoms with van der Waals surface area (Å²) in [7, 11) is 0. The number of carbonyl (C=O) groups excluding carboxylic acids is 4. The van der Waals surface area contributed by atoms with Crippen molar-refractivity contribution in [2.24, 2.45) is 0 Å². The molecule has 0 spiro atoms. The van der Waals surface area contributed by atoms with E-state index in [1.165, 1.54) is 11.2 Å². The smallest absolute Gasteiger partial charge is 0.291 e. The van der Waals surface area contributed by atoms with Gasteiger partial charge in [-0.1, -0.05) is 12.1 Å². The van der Waals surface area contributed by atoms with Crippen LogP contribution in [-0.4, -0.2) is 35.1 Å². The van der Waals surface area contributed by atoms with Gasteiger partial charge in [-0.05, 0) is 55.0 Å². The van der Waals surface area contributed by atoms with E-state index < -0.39 is 0 Å². The van der Waals surface area contributed by atoms with E-state index in [4.69, 9.17) is 4.42 Å². The van der Waals surface area contributed by atoms with Gasteiger partial charge in [0.25, 0.3) is 17.7 Å². The van der Waals surface area contributed by atoms with Crippen molar-refractivity contribution in [2.75, 3.05) is 17.2 Å². The van der Waals surface area contributed by atoms with Crippen molar-refractivity contribution >= 4 is 35.0 Å². The van der Waals surface area contributed by atoms with Crippen LogP contribution in [0, 0.1) is 0 Å². The monoisotopic (exact) mass is 417 g/mol. The maximum absolute atomic E-state index is 12.3. The number of fused-ring (bicyclic) bond motifs is 1. The van der Waals surface area contributed by atoms with Crippen LogP contribution in [0.4, 0.5) is 11.4 Å². The minimum absolute atomic E-state index is 0.157. The minimum Gasteiger partial charge on any atom is -0.459 e. The second-order valence-corrected chi connectivity index (χ2v) is 6.97. The zero-order chi connectivity index (χ0) is 21.8. The lowest BCUT2D eigenvalue weighted by Crippen LogP contribution is -2.31. The highest BCUT2D eigenvalue weighted by molar-refractivity contribution is 6.21. The summed E-state index contributed by atoms with van der Waals surface area (Å²) in [6.45, 7) is 0.178. The molecule has 31 heavy (non-hydrogen) atoms. The fourth-order valence-corrected chi connectivity index (χ4v) is 3.30. The van der Waals surface area contributed by atoms with Crippen molar-refractivity contribution in [3.05, 3.63) is 83.8 Å². The summed E-state index contributed by atoms with van der Waals surface area (Å²) in [5, 5.41) is 5.45. The average molecular weight is 417 g/mol. The number of amides is 4. The molecule has 0 radical (unpaired) electrons. The maximum atomic E-state index is 12.3. The molecule has 0 saturated carbocycles. The van der Waals surface area contributed by atoms with E-state index in [1.54, 1.807) is 60.7 Å². The predicted octanol–water partition coefficient (Wildman–Crippen LogP) is 3.55. The van der Waals surface area contributed by atoms with Crippen LogP contribution in [0.3, 0.4) is 0 Å². The molecule has 4 amide bonds. The summed E-state index contributed by atoms with van der Waals surface area (Å²) in [5.41, 5.74) is 1.93. The largest absolute Gasteiger partial charge is 0.459 e. The van der Waals surface area contributed by atoms with Crippen molar-refractivity contribution in [3.63, 3.8) is 0 Å². The topological polar surface area (TPSA) is 109 Å². The number of rotatable bonds is 7. The number of nitrogens with one attached hydrogen (secondary N) is 2. The SMILES string of the molecule is O=C(CCCN1C(=O)c2ccccc2C1=O)Nc1ccc(NC(=O)c2ccco2)cc1. The molecule has 8 heteroatoms. The fourth-order valence-electron chi connectivity index (χ4n) is 3.30. The van der Waals surface area contributed by atoms with Gasteiger partial charge < -0.3 is 15.1 Å². The van der Waals surface area contributed by atoms with Crippen molar-refractivity contribution < 1.29 is 23.6 Å². The maximum Gasteiger partial charge on any atom is 0.291 e. The summed E-state index contributed by atoms with van der Waals surface area (Å²) >= 11 is 0. The Hall–Kier alpha value is -4.20. The van der Waals surface area contributed by atoms with Crippen LogP contribution in [0.5, 0.6) is 0 Å². The van der Waals surface area contributed by atoms with Gasteiger partial charge in [0.15, 0.2) is 5.76 Å². The van der Waals surface area contributed by atoms with E-state index in [0.29, 0.717) is 28.9 Å². The molecular formula is C23H19N3O5. The van der Waals surface area contributed by atoms with Crippen LogP contribution < -0.4 is 10.6 Å². The molecule has 156 valence electrons. The normalized spacial score (nSPS) is 12.6. The Bertz CT molecular complexity index is 1100. The van der Waals surface area contributed by atoms with Crippen LogP contribution in [0.25, 0.3) is 0 Å². The molecule has 0 fully saturated rings. The number of nitrogens with zero attached hydrogens (tertiary/aromatic N) is 1. The summed E-state index contributed by atoms with van der Waals surface area (Å²) in [6.07, 6.45) is 1.93. The molecule has 8 nitrogen and oxygen atoms in total. The van der Waals surface area contributed by atoms with Crippen LogP contribution in [-0.2, 0) is 4.79 Å². The third-order valence-corrected chi connectivity index (χ3v) is 4.84. The Balaban J connectivity index is 1.24. The van der Waals surface area contributed by atoms with E-state index in [2.05, 4.69) is 10.6 Å². The van der Waals surface area contributed by atoms with Crippen molar-refractivity contribution in [1.82, 2.24) is 4.90 Å². The molecule has 0 atom stereocenters. The van der Waals surface area contributed by atoms with Gasteiger partial charge in [0.2, 0.25) is 5.91 Å². The molecule has 1 aromatic heterocycles. The first-order valence-electron chi connectivity index (χ1n) is 9.73. The molecule has 1 aliphatic heterocycles. The summed E-state index contributed by atoms with van der Waals surface area (Å²) in [6, 6.07) is 16.5. The number of anilines is 2. The lowest BCUT2D eigenvalue weighted by atomic mass is 10.1. The first-order valence-corrected chi connectivity index (χ1v) is 9.73. The predicted molar refractivity (Wildman–Crippen MR) is 113 cm³/mol. The third-order valence-electron chi connectivity index (χ3n) is 4.84. The molecule has 0 saturated heterocycles. The standard InChI is InChI=1S/C23H19N3O5/c27-20(8-3-13-26-22(29)17-5-1-2-6-18(17)23(26)30)24-15-9-11-16(12-10-15)25-21(28)19-7-4-14-31-19/h1-2,4-7,9-12,14H,3,8,13H2,(H,24,27)(H,25,28). The lowest BCUT2D eigenvalue weighted by Gasteiger charge is -2.13. The quantitative estimate of drug-likeness (QED) is 0.572. The molecule has 1 aliphatic rings. The number of hydrogen-bond donors (Lipinski definition) is 2. The van der Waals surface area contributed by atoms with Gasteiger partial charge in [0, 0.05) is 24.3 Å². The highest BCUT2D eigenvalue weighted by atomic mass is 16.3. The molecular weight excluding hydrogens is 398 g/mol. The van der Waals surface area contributed by atoms with Gasteiger partial charge in [0.1, 0.15) is 0 Å². The average Bonchev–Trinajstić information content (AvgIpc) is 3.39. The fraction of sp³-hybridized carbons (Fsp3) is 0.130. The number of imide groups is 1. The minimum atomic E-state index is -0.366. The van der Waals surface area contributed by atoms with Gasteiger partial charge in [-0.3, -0.25) is 24.1 Å². The molecule has 2 N–H and O–H groups in total. The Morgan fingerprint density at radius 2 is 1.42 bits per heavy atom. The van der Waals surface area contributed by atoms with Crippen molar-refractivity contribution in [1.29, 1.82) is 0 Å². The van der Waals surface area contributed by atoms with Crippen LogP contribution >= 0.6 is 0 Å². The van der Waals surface area contributed by atoms with Gasteiger partial charge >= 0.3 is 0 Å². The van der Waals surface area contributed by atoms with E-state index in [1.807, 2.05) is 0 Å². The van der Waals surface area contributed by atoms with Crippen molar-refractivity contribution in [2.45, 2.75) is 12.8 Å². The molecule has 0 bridgehead atoms. The van der Waals surface area contributed by atoms with E-state index in [0.717, 1.165) is 0 Å². The highest BCUT2D eigenvalue weighted by Crippen LogP contribution is 2.22. The van der Waals surface area contributed by atoms with Crippen LogP contribution in [0.2, 0.25) is 0 Å². The third kappa shape index (κ3) is 4.37. The summed E-state index contributed by atoms with van der Waals surface area (Å²) in [5.74, 6) is -1.05. The van der Waals surface area contributed by atoms with Gasteiger partial charge in [-0.2, -0.15) is 0 Å². The molecule has 0 aliphatic carbocycles. The lowest BCUT2D eigenvalue weighted by molar-refractivity contribution is -0.116. The number of benzene rings is 2. The number of hydrogen-bond acceptors (Lipinski definition) is 5.